The number of ether oxygens (including phenoxy) is 1. The molecule has 0 aromatic rings. The van der Waals surface area contributed by atoms with Crippen molar-refractivity contribution in [3.05, 3.63) is 0 Å². The first-order valence-corrected chi connectivity index (χ1v) is 4.36. The quantitative estimate of drug-likeness (QED) is 0.588. The Morgan fingerprint density at radius 1 is 1.23 bits per heavy atom. The molecule has 0 aromatic carbocycles. The van der Waals surface area contributed by atoms with Gasteiger partial charge in [-0.1, -0.05) is 0 Å². The van der Waals surface area contributed by atoms with Gasteiger partial charge in [0.15, 0.2) is 6.04 Å². The average molecular weight is 179 g/mol. The van der Waals surface area contributed by atoms with Gasteiger partial charge in [-0.15, -0.1) is 0 Å². The lowest BCUT2D eigenvalue weighted by molar-refractivity contribution is -0.0698. The first-order chi connectivity index (χ1) is 6.17. The molecule has 1 rings (SSSR count). The van der Waals surface area contributed by atoms with Crippen molar-refractivity contribution in [3.63, 3.8) is 0 Å². The monoisotopic (exact) mass is 179 g/mol. The van der Waals surface area contributed by atoms with Gasteiger partial charge in [0.2, 0.25) is 0 Å². The van der Waals surface area contributed by atoms with E-state index in [4.69, 9.17) is 15.3 Å². The maximum absolute atomic E-state index is 8.70. The molecule has 0 radical (unpaired) electrons. The molecule has 0 unspecified atom stereocenters. The average Bonchev–Trinajstić information content (AvgIpc) is 2.04. The van der Waals surface area contributed by atoms with Crippen LogP contribution < -0.4 is 0 Å². The van der Waals surface area contributed by atoms with E-state index in [0.717, 1.165) is 0 Å². The summed E-state index contributed by atoms with van der Waals surface area (Å²) in [6, 6.07) is 3.31. The fourth-order valence-electron chi connectivity index (χ4n) is 1.62. The Morgan fingerprint density at radius 2 is 1.69 bits per heavy atom. The molecular formula is C9H13N3O. The standard InChI is InChI=1S/C9H13N3O/c1-7-5-12(6-8(2)13-7)9(3-10)4-11/h7-9H,5-6H2,1-2H3/t7-,8+. The molecule has 13 heavy (non-hydrogen) atoms. The number of morpholine rings is 1. The molecule has 0 N–H and O–H groups in total. The topological polar surface area (TPSA) is 60.0 Å². The van der Waals surface area contributed by atoms with E-state index in [0.29, 0.717) is 13.1 Å². The van der Waals surface area contributed by atoms with E-state index in [-0.39, 0.29) is 12.2 Å². The predicted octanol–water partition coefficient (Wildman–Crippen LogP) is 0.511. The summed E-state index contributed by atoms with van der Waals surface area (Å²) in [6.45, 7) is 5.23. The van der Waals surface area contributed by atoms with Gasteiger partial charge in [-0.3, -0.25) is 4.90 Å². The third-order valence-corrected chi connectivity index (χ3v) is 2.06. The van der Waals surface area contributed by atoms with E-state index in [9.17, 15) is 0 Å². The molecule has 0 aromatic heterocycles. The van der Waals surface area contributed by atoms with Gasteiger partial charge in [-0.05, 0) is 13.8 Å². The first-order valence-electron chi connectivity index (χ1n) is 4.36. The third-order valence-electron chi connectivity index (χ3n) is 2.06. The van der Waals surface area contributed by atoms with Crippen LogP contribution in [0.15, 0.2) is 0 Å². The number of hydrogen-bond donors (Lipinski definition) is 0. The predicted molar refractivity (Wildman–Crippen MR) is 46.6 cm³/mol. The lowest BCUT2D eigenvalue weighted by Gasteiger charge is -2.35. The summed E-state index contributed by atoms with van der Waals surface area (Å²) < 4.78 is 5.50. The number of hydrogen-bond acceptors (Lipinski definition) is 4. The number of nitriles is 2. The smallest absolute Gasteiger partial charge is 0.186 e. The summed E-state index contributed by atoms with van der Waals surface area (Å²) in [5, 5.41) is 17.4. The van der Waals surface area contributed by atoms with Crippen LogP contribution in [0.5, 0.6) is 0 Å². The zero-order chi connectivity index (χ0) is 9.84. The molecule has 1 aliphatic heterocycles. The zero-order valence-electron chi connectivity index (χ0n) is 7.90. The SMILES string of the molecule is C[C@@H]1CN(C(C#N)C#N)C[C@H](C)O1. The van der Waals surface area contributed by atoms with Crippen LogP contribution in [0.3, 0.4) is 0 Å². The van der Waals surface area contributed by atoms with Gasteiger partial charge in [0.1, 0.15) is 0 Å². The van der Waals surface area contributed by atoms with Crippen LogP contribution in [-0.4, -0.2) is 36.2 Å². The molecule has 2 atom stereocenters. The molecular weight excluding hydrogens is 166 g/mol. The highest BCUT2D eigenvalue weighted by molar-refractivity contribution is 5.08. The second-order valence-electron chi connectivity index (χ2n) is 3.37. The molecule has 1 saturated heterocycles. The maximum atomic E-state index is 8.70. The molecule has 1 aliphatic rings. The van der Waals surface area contributed by atoms with Gasteiger partial charge >= 0.3 is 0 Å². The Labute approximate surface area is 78.3 Å². The Morgan fingerprint density at radius 3 is 2.08 bits per heavy atom. The lowest BCUT2D eigenvalue weighted by atomic mass is 10.2. The van der Waals surface area contributed by atoms with Gasteiger partial charge in [-0.2, -0.15) is 10.5 Å². The maximum Gasteiger partial charge on any atom is 0.186 e. The van der Waals surface area contributed by atoms with Crippen molar-refractivity contribution in [2.75, 3.05) is 13.1 Å². The minimum atomic E-state index is -0.631. The highest BCUT2D eigenvalue weighted by atomic mass is 16.5. The molecule has 1 heterocycles. The van der Waals surface area contributed by atoms with Gasteiger partial charge < -0.3 is 4.74 Å². The summed E-state index contributed by atoms with van der Waals surface area (Å²) >= 11 is 0. The van der Waals surface area contributed by atoms with Crippen LogP contribution in [0.25, 0.3) is 0 Å². The van der Waals surface area contributed by atoms with Gasteiger partial charge in [0.25, 0.3) is 0 Å². The van der Waals surface area contributed by atoms with Crippen molar-refractivity contribution in [2.24, 2.45) is 0 Å². The third kappa shape index (κ3) is 2.42. The molecule has 1 fully saturated rings. The molecule has 0 spiro atoms. The molecule has 4 nitrogen and oxygen atoms in total. The number of nitrogens with zero attached hydrogens (tertiary/aromatic N) is 3. The molecule has 70 valence electrons. The van der Waals surface area contributed by atoms with E-state index in [1.807, 2.05) is 30.9 Å². The first kappa shape index (κ1) is 9.98. The van der Waals surface area contributed by atoms with E-state index >= 15 is 0 Å². The van der Waals surface area contributed by atoms with E-state index in [1.165, 1.54) is 0 Å². The van der Waals surface area contributed by atoms with Crippen molar-refractivity contribution in [3.8, 4) is 12.1 Å². The minimum Gasteiger partial charge on any atom is -0.373 e. The summed E-state index contributed by atoms with van der Waals surface area (Å²) in [4.78, 5) is 1.86. The van der Waals surface area contributed by atoms with Crippen molar-refractivity contribution in [1.82, 2.24) is 4.90 Å². The minimum absolute atomic E-state index is 0.105. The second-order valence-corrected chi connectivity index (χ2v) is 3.37. The van der Waals surface area contributed by atoms with Crippen LogP contribution in [0.2, 0.25) is 0 Å². The molecule has 0 bridgehead atoms. The van der Waals surface area contributed by atoms with Crippen LogP contribution in [-0.2, 0) is 4.74 Å². The Bertz CT molecular complexity index is 229. The van der Waals surface area contributed by atoms with Gasteiger partial charge in [-0.25, -0.2) is 0 Å². The normalized spacial score (nSPS) is 29.6. The van der Waals surface area contributed by atoms with Crippen LogP contribution >= 0.6 is 0 Å². The molecule has 0 aliphatic carbocycles. The highest BCUT2D eigenvalue weighted by Gasteiger charge is 2.27. The summed E-state index contributed by atoms with van der Waals surface area (Å²) in [7, 11) is 0. The summed E-state index contributed by atoms with van der Waals surface area (Å²) in [6.07, 6.45) is 0.209. The summed E-state index contributed by atoms with van der Waals surface area (Å²) in [5.41, 5.74) is 0. The summed E-state index contributed by atoms with van der Waals surface area (Å²) in [5.74, 6) is 0. The second kappa shape index (κ2) is 4.23. The van der Waals surface area contributed by atoms with E-state index < -0.39 is 6.04 Å². The van der Waals surface area contributed by atoms with Crippen molar-refractivity contribution < 1.29 is 4.74 Å². The largest absolute Gasteiger partial charge is 0.373 e. The molecule has 4 heteroatoms. The lowest BCUT2D eigenvalue weighted by Crippen LogP contribution is -2.49. The fourth-order valence-corrected chi connectivity index (χ4v) is 1.62. The zero-order valence-corrected chi connectivity index (χ0v) is 7.90. The van der Waals surface area contributed by atoms with Gasteiger partial charge in [0, 0.05) is 13.1 Å². The Kier molecular flexibility index (Phi) is 3.25. The molecule has 0 amide bonds. The fraction of sp³-hybridized carbons (Fsp3) is 0.778. The van der Waals surface area contributed by atoms with Crippen molar-refractivity contribution >= 4 is 0 Å². The van der Waals surface area contributed by atoms with Crippen molar-refractivity contribution in [1.29, 1.82) is 10.5 Å². The number of rotatable bonds is 1. The van der Waals surface area contributed by atoms with Crippen LogP contribution in [0, 0.1) is 22.7 Å². The van der Waals surface area contributed by atoms with E-state index in [1.54, 1.807) is 0 Å². The Balaban J connectivity index is 2.61. The van der Waals surface area contributed by atoms with Crippen LogP contribution in [0.4, 0.5) is 0 Å². The van der Waals surface area contributed by atoms with E-state index in [2.05, 4.69) is 0 Å². The highest BCUT2D eigenvalue weighted by Crippen LogP contribution is 2.12. The van der Waals surface area contributed by atoms with Crippen LogP contribution in [0.1, 0.15) is 13.8 Å². The molecule has 0 saturated carbocycles. The van der Waals surface area contributed by atoms with Gasteiger partial charge in [0.05, 0.1) is 24.3 Å². The Hall–Kier alpha value is -1.10. The van der Waals surface area contributed by atoms with Crippen molar-refractivity contribution in [2.45, 2.75) is 32.1 Å².